The molecule has 0 aromatic heterocycles. The summed E-state index contributed by atoms with van der Waals surface area (Å²) in [5, 5.41) is 16.3. The van der Waals surface area contributed by atoms with Crippen LogP contribution in [-0.2, 0) is 19.1 Å². The molecule has 3 N–H and O–H groups in total. The van der Waals surface area contributed by atoms with E-state index in [9.17, 15) is 19.5 Å². The number of carbonyl (C=O) groups excluding carboxylic acids is 3. The molecule has 5 rings (SSSR count). The van der Waals surface area contributed by atoms with E-state index in [1.807, 2.05) is 76.2 Å². The van der Waals surface area contributed by atoms with Gasteiger partial charge in [0.2, 0.25) is 17.7 Å². The molecule has 3 aliphatic heterocycles. The standard InChI is InChI=1S/C30H37N3O5/c1-5-21(17-34)33-25(27(36)32-24-18(3)11-10-12-19(24)4)30-16-15-29(6-2,38-30)22(23(30)28(33)37)26(35)31-20-13-8-7-9-14-20/h7-14,21-23,25,34H,5-6,15-17H2,1-4H3,(H,31,35)(H,32,36)/t21-,22+,23-,25?,29-,30?/m0/s1. The summed E-state index contributed by atoms with van der Waals surface area (Å²) in [6, 6.07) is 13.4. The smallest absolute Gasteiger partial charge is 0.250 e. The molecule has 3 aliphatic rings. The lowest BCUT2D eigenvalue weighted by Crippen LogP contribution is -2.56. The number of aliphatic hydroxyl groups is 1. The van der Waals surface area contributed by atoms with E-state index in [4.69, 9.17) is 4.74 Å². The summed E-state index contributed by atoms with van der Waals surface area (Å²) in [6.07, 6.45) is 2.10. The Labute approximate surface area is 223 Å². The van der Waals surface area contributed by atoms with E-state index in [1.54, 1.807) is 0 Å². The number of hydrogen-bond acceptors (Lipinski definition) is 5. The largest absolute Gasteiger partial charge is 0.394 e. The molecule has 0 radical (unpaired) electrons. The molecule has 3 heterocycles. The van der Waals surface area contributed by atoms with E-state index in [0.29, 0.717) is 37.1 Å². The maximum absolute atomic E-state index is 14.2. The van der Waals surface area contributed by atoms with Gasteiger partial charge in [-0.2, -0.15) is 0 Å². The van der Waals surface area contributed by atoms with Crippen LogP contribution >= 0.6 is 0 Å². The molecule has 3 amide bonds. The third kappa shape index (κ3) is 3.84. The van der Waals surface area contributed by atoms with Crippen molar-refractivity contribution in [1.82, 2.24) is 4.90 Å². The summed E-state index contributed by atoms with van der Waals surface area (Å²) < 4.78 is 6.80. The van der Waals surface area contributed by atoms with Gasteiger partial charge in [-0.25, -0.2) is 0 Å². The minimum absolute atomic E-state index is 0.272. The van der Waals surface area contributed by atoms with Gasteiger partial charge in [-0.3, -0.25) is 14.4 Å². The van der Waals surface area contributed by atoms with Crippen molar-refractivity contribution in [3.05, 3.63) is 59.7 Å². The molecule has 6 atom stereocenters. The Morgan fingerprint density at radius 1 is 1.03 bits per heavy atom. The van der Waals surface area contributed by atoms with Crippen LogP contribution in [0, 0.1) is 25.7 Å². The fourth-order valence-corrected chi connectivity index (χ4v) is 7.11. The molecule has 38 heavy (non-hydrogen) atoms. The van der Waals surface area contributed by atoms with Gasteiger partial charge in [0.1, 0.15) is 11.6 Å². The van der Waals surface area contributed by atoms with Crippen LogP contribution in [0.5, 0.6) is 0 Å². The van der Waals surface area contributed by atoms with Gasteiger partial charge in [-0.05, 0) is 62.8 Å². The van der Waals surface area contributed by atoms with E-state index >= 15 is 0 Å². The van der Waals surface area contributed by atoms with Gasteiger partial charge in [0, 0.05) is 11.4 Å². The van der Waals surface area contributed by atoms with Crippen molar-refractivity contribution in [2.45, 2.75) is 76.7 Å². The number of ether oxygens (including phenoxy) is 1. The Bertz CT molecular complexity index is 1230. The van der Waals surface area contributed by atoms with Crippen molar-refractivity contribution in [2.24, 2.45) is 11.8 Å². The molecule has 1 spiro atoms. The van der Waals surface area contributed by atoms with Crippen LogP contribution < -0.4 is 10.6 Å². The van der Waals surface area contributed by atoms with Crippen molar-refractivity contribution >= 4 is 29.1 Å². The summed E-state index contributed by atoms with van der Waals surface area (Å²) in [5.74, 6) is -2.47. The van der Waals surface area contributed by atoms with E-state index in [-0.39, 0.29) is 24.3 Å². The van der Waals surface area contributed by atoms with E-state index in [2.05, 4.69) is 10.6 Å². The van der Waals surface area contributed by atoms with Gasteiger partial charge in [0.25, 0.3) is 0 Å². The average molecular weight is 520 g/mol. The second kappa shape index (κ2) is 9.82. The highest BCUT2D eigenvalue weighted by molar-refractivity contribution is 6.05. The zero-order valence-electron chi connectivity index (χ0n) is 22.5. The van der Waals surface area contributed by atoms with E-state index < -0.39 is 35.1 Å². The van der Waals surface area contributed by atoms with Crippen molar-refractivity contribution < 1.29 is 24.2 Å². The average Bonchev–Trinajstić information content (AvgIpc) is 3.51. The first-order valence-corrected chi connectivity index (χ1v) is 13.6. The summed E-state index contributed by atoms with van der Waals surface area (Å²) in [4.78, 5) is 43.7. The Kier molecular flexibility index (Phi) is 6.82. The van der Waals surface area contributed by atoms with Crippen LogP contribution in [-0.4, -0.2) is 57.6 Å². The maximum Gasteiger partial charge on any atom is 0.250 e. The lowest BCUT2D eigenvalue weighted by Gasteiger charge is -2.37. The predicted octanol–water partition coefficient (Wildman–Crippen LogP) is 3.81. The van der Waals surface area contributed by atoms with Crippen molar-refractivity contribution in [2.75, 3.05) is 17.2 Å². The van der Waals surface area contributed by atoms with Gasteiger partial charge >= 0.3 is 0 Å². The Hall–Kier alpha value is -3.23. The Balaban J connectivity index is 1.57. The second-order valence-electron chi connectivity index (χ2n) is 10.9. The number of nitrogens with one attached hydrogen (secondary N) is 2. The highest BCUT2D eigenvalue weighted by Crippen LogP contribution is 2.64. The minimum atomic E-state index is -1.14. The molecule has 8 nitrogen and oxygen atoms in total. The van der Waals surface area contributed by atoms with Crippen LogP contribution in [0.1, 0.15) is 50.7 Å². The quantitative estimate of drug-likeness (QED) is 0.492. The van der Waals surface area contributed by atoms with Gasteiger partial charge < -0.3 is 25.4 Å². The molecule has 3 saturated heterocycles. The number of para-hydroxylation sites is 2. The number of benzene rings is 2. The highest BCUT2D eigenvalue weighted by Gasteiger charge is 2.79. The van der Waals surface area contributed by atoms with Crippen LogP contribution in [0.3, 0.4) is 0 Å². The SMILES string of the molecule is CC[C@@H](CO)N1C(=O)[C@@H]2[C@H](C(=O)Nc3ccccc3)[C@]3(CC)CCC2(O3)C1C(=O)Nc1c(C)cccc1C. The highest BCUT2D eigenvalue weighted by atomic mass is 16.5. The first-order chi connectivity index (χ1) is 18.2. The van der Waals surface area contributed by atoms with Gasteiger partial charge in [0.05, 0.1) is 30.1 Å². The zero-order chi connectivity index (χ0) is 27.2. The summed E-state index contributed by atoms with van der Waals surface area (Å²) in [7, 11) is 0. The summed E-state index contributed by atoms with van der Waals surface area (Å²) in [6.45, 7) is 7.43. The number of rotatable bonds is 8. The second-order valence-corrected chi connectivity index (χ2v) is 10.9. The number of amides is 3. The van der Waals surface area contributed by atoms with E-state index in [1.165, 1.54) is 4.90 Å². The molecule has 3 fully saturated rings. The van der Waals surface area contributed by atoms with Crippen LogP contribution in [0.15, 0.2) is 48.5 Å². The first-order valence-electron chi connectivity index (χ1n) is 13.6. The van der Waals surface area contributed by atoms with Gasteiger partial charge in [-0.15, -0.1) is 0 Å². The Morgan fingerprint density at radius 2 is 1.71 bits per heavy atom. The Morgan fingerprint density at radius 3 is 2.32 bits per heavy atom. The number of fused-ring (bicyclic) bond motifs is 1. The molecule has 8 heteroatoms. The van der Waals surface area contributed by atoms with Crippen LogP contribution in [0.4, 0.5) is 11.4 Å². The van der Waals surface area contributed by atoms with Gasteiger partial charge in [-0.1, -0.05) is 50.2 Å². The third-order valence-corrected chi connectivity index (χ3v) is 9.00. The molecular formula is C30H37N3O5. The third-order valence-electron chi connectivity index (χ3n) is 9.00. The fourth-order valence-electron chi connectivity index (χ4n) is 7.11. The first kappa shape index (κ1) is 26.4. The summed E-state index contributed by atoms with van der Waals surface area (Å²) in [5.41, 5.74) is 1.21. The van der Waals surface area contributed by atoms with E-state index in [0.717, 1.165) is 11.1 Å². The van der Waals surface area contributed by atoms with Gasteiger partial charge in [0.15, 0.2) is 0 Å². The number of carbonyl (C=O) groups is 3. The number of aliphatic hydroxyl groups excluding tert-OH is 1. The number of aryl methyl sites for hydroxylation is 2. The molecule has 2 aromatic carbocycles. The number of nitrogens with zero attached hydrogens (tertiary/aromatic N) is 1. The molecule has 0 saturated carbocycles. The lowest BCUT2D eigenvalue weighted by molar-refractivity contribution is -0.148. The maximum atomic E-state index is 14.2. The molecule has 2 unspecified atom stereocenters. The number of anilines is 2. The molecule has 2 aromatic rings. The monoisotopic (exact) mass is 519 g/mol. The van der Waals surface area contributed by atoms with Crippen LogP contribution in [0.25, 0.3) is 0 Å². The predicted molar refractivity (Wildman–Crippen MR) is 144 cm³/mol. The number of likely N-dealkylation sites (tertiary alicyclic amines) is 1. The molecule has 2 bridgehead atoms. The van der Waals surface area contributed by atoms with Crippen molar-refractivity contribution in [1.29, 1.82) is 0 Å². The normalized spacial score (nSPS) is 30.3. The fraction of sp³-hybridized carbons (Fsp3) is 0.500. The van der Waals surface area contributed by atoms with Crippen LogP contribution in [0.2, 0.25) is 0 Å². The van der Waals surface area contributed by atoms with Crippen molar-refractivity contribution in [3.63, 3.8) is 0 Å². The minimum Gasteiger partial charge on any atom is -0.394 e. The van der Waals surface area contributed by atoms with Crippen molar-refractivity contribution in [3.8, 4) is 0 Å². The lowest BCUT2D eigenvalue weighted by atomic mass is 9.65. The zero-order valence-corrected chi connectivity index (χ0v) is 22.5. The summed E-state index contributed by atoms with van der Waals surface area (Å²) >= 11 is 0. The number of hydrogen-bond donors (Lipinski definition) is 3. The molecule has 202 valence electrons. The molecular weight excluding hydrogens is 482 g/mol. The molecule has 0 aliphatic carbocycles. The topological polar surface area (TPSA) is 108 Å².